The Morgan fingerprint density at radius 1 is 1.27 bits per heavy atom. The molecule has 3 fully saturated rings. The number of likely N-dealkylation sites (tertiary alicyclic amines) is 1. The molecule has 8 nitrogen and oxygen atoms in total. The van der Waals surface area contributed by atoms with E-state index in [4.69, 9.17) is 9.47 Å². The van der Waals surface area contributed by atoms with Crippen molar-refractivity contribution < 1.29 is 29.0 Å². The van der Waals surface area contributed by atoms with Crippen LogP contribution in [0.1, 0.15) is 57.9 Å². The molecule has 2 bridgehead atoms. The molecule has 1 aromatic carbocycles. The molecule has 0 saturated carbocycles. The largest absolute Gasteiger partial charge is 0.465 e. The zero-order chi connectivity index (χ0) is 28.9. The fourth-order valence-electron chi connectivity index (χ4n) is 7.02. The molecule has 3 aliphatic heterocycles. The van der Waals surface area contributed by atoms with Crippen LogP contribution >= 0.6 is 0 Å². The smallest absolute Gasteiger partial charge is 0.312 e. The minimum atomic E-state index is -1.14. The van der Waals surface area contributed by atoms with Crippen molar-refractivity contribution in [1.29, 1.82) is 0 Å². The summed E-state index contributed by atoms with van der Waals surface area (Å²) in [5.41, 5.74) is -0.195. The molecule has 3 heterocycles. The number of amides is 2. The predicted molar refractivity (Wildman–Crippen MR) is 152 cm³/mol. The lowest BCUT2D eigenvalue weighted by Gasteiger charge is -2.41. The van der Waals surface area contributed by atoms with Crippen LogP contribution in [0.3, 0.4) is 0 Å². The van der Waals surface area contributed by atoms with Gasteiger partial charge in [0.1, 0.15) is 11.6 Å². The van der Waals surface area contributed by atoms with Crippen LogP contribution < -0.4 is 0 Å². The van der Waals surface area contributed by atoms with E-state index in [9.17, 15) is 19.5 Å². The molecular weight excluding hydrogens is 508 g/mol. The number of benzene rings is 1. The Labute approximate surface area is 238 Å². The summed E-state index contributed by atoms with van der Waals surface area (Å²) in [6, 6.07) is 7.94. The van der Waals surface area contributed by atoms with E-state index in [1.165, 1.54) is 0 Å². The summed E-state index contributed by atoms with van der Waals surface area (Å²) >= 11 is 0. The van der Waals surface area contributed by atoms with Gasteiger partial charge in [-0.25, -0.2) is 0 Å². The first-order chi connectivity index (χ1) is 19.3. The second-order valence-electron chi connectivity index (χ2n) is 11.3. The van der Waals surface area contributed by atoms with Gasteiger partial charge in [0.25, 0.3) is 0 Å². The number of unbranched alkanes of at least 4 members (excludes halogenated alkanes) is 1. The van der Waals surface area contributed by atoms with Gasteiger partial charge in [-0.05, 0) is 51.0 Å². The molecule has 3 unspecified atom stereocenters. The number of allylic oxidation sites excluding steroid dienone is 1. The average Bonchev–Trinajstić information content (AvgIpc) is 3.60. The Kier molecular flexibility index (Phi) is 9.85. The molecular formula is C32H44N2O6. The highest BCUT2D eigenvalue weighted by molar-refractivity contribution is 5.98. The van der Waals surface area contributed by atoms with Crippen molar-refractivity contribution in [3.05, 3.63) is 61.2 Å². The van der Waals surface area contributed by atoms with Gasteiger partial charge in [0, 0.05) is 12.6 Å². The fourth-order valence-corrected chi connectivity index (χ4v) is 7.02. The maximum Gasteiger partial charge on any atom is 0.312 e. The topological polar surface area (TPSA) is 96.4 Å². The number of rotatable bonds is 15. The molecule has 1 spiro atoms. The van der Waals surface area contributed by atoms with Crippen LogP contribution in [-0.2, 0) is 30.3 Å². The number of hydrogen-bond donors (Lipinski definition) is 1. The normalized spacial score (nSPS) is 28.2. The van der Waals surface area contributed by atoms with E-state index >= 15 is 0 Å². The first-order valence-electron chi connectivity index (χ1n) is 14.7. The van der Waals surface area contributed by atoms with Gasteiger partial charge in [-0.2, -0.15) is 0 Å². The van der Waals surface area contributed by atoms with E-state index in [1.807, 2.05) is 37.3 Å². The maximum absolute atomic E-state index is 14.5. The van der Waals surface area contributed by atoms with Gasteiger partial charge >= 0.3 is 5.97 Å². The lowest BCUT2D eigenvalue weighted by Crippen LogP contribution is -2.60. The second kappa shape index (κ2) is 13.1. The number of fused-ring (bicyclic) bond motifs is 1. The fraction of sp³-hybridized carbons (Fsp3) is 0.594. The third kappa shape index (κ3) is 5.48. The Morgan fingerprint density at radius 3 is 2.67 bits per heavy atom. The molecule has 1 N–H and O–H groups in total. The van der Waals surface area contributed by atoms with Gasteiger partial charge in [-0.15, -0.1) is 13.2 Å². The van der Waals surface area contributed by atoms with Crippen molar-refractivity contribution in [2.75, 3.05) is 19.8 Å². The predicted octanol–water partition coefficient (Wildman–Crippen LogP) is 3.68. The molecule has 40 heavy (non-hydrogen) atoms. The monoisotopic (exact) mass is 552 g/mol. The van der Waals surface area contributed by atoms with Crippen molar-refractivity contribution in [3.8, 4) is 0 Å². The van der Waals surface area contributed by atoms with Crippen molar-refractivity contribution in [2.24, 2.45) is 11.8 Å². The number of hydrogen-bond acceptors (Lipinski definition) is 6. The van der Waals surface area contributed by atoms with Gasteiger partial charge in [-0.3, -0.25) is 14.4 Å². The number of ether oxygens (including phenoxy) is 2. The summed E-state index contributed by atoms with van der Waals surface area (Å²) < 4.78 is 12.2. The molecule has 0 radical (unpaired) electrons. The van der Waals surface area contributed by atoms with Gasteiger partial charge in [0.2, 0.25) is 11.8 Å². The quantitative estimate of drug-likeness (QED) is 0.203. The Morgan fingerprint density at radius 2 is 2.02 bits per heavy atom. The Hall–Kier alpha value is -2.97. The third-order valence-corrected chi connectivity index (χ3v) is 8.81. The van der Waals surface area contributed by atoms with Crippen molar-refractivity contribution >= 4 is 17.8 Å². The number of nitrogens with zero attached hydrogens (tertiary/aromatic N) is 2. The number of esters is 1. The molecule has 2 amide bonds. The molecule has 8 heteroatoms. The first-order valence-corrected chi connectivity index (χ1v) is 14.7. The number of aliphatic hydroxyl groups excluding tert-OH is 1. The van der Waals surface area contributed by atoms with Crippen LogP contribution in [0.5, 0.6) is 0 Å². The highest BCUT2D eigenvalue weighted by Crippen LogP contribution is 2.59. The van der Waals surface area contributed by atoms with Gasteiger partial charge in [0.05, 0.1) is 37.2 Å². The highest BCUT2D eigenvalue weighted by atomic mass is 16.6. The van der Waals surface area contributed by atoms with Crippen LogP contribution in [0.4, 0.5) is 0 Å². The van der Waals surface area contributed by atoms with Crippen LogP contribution in [0.2, 0.25) is 0 Å². The number of aliphatic hydroxyl groups is 1. The summed E-state index contributed by atoms with van der Waals surface area (Å²) in [5, 5.41) is 10.6. The van der Waals surface area contributed by atoms with Crippen molar-refractivity contribution in [2.45, 2.75) is 88.6 Å². The van der Waals surface area contributed by atoms with E-state index in [0.717, 1.165) is 24.8 Å². The summed E-state index contributed by atoms with van der Waals surface area (Å²) in [4.78, 5) is 45.6. The summed E-state index contributed by atoms with van der Waals surface area (Å²) in [7, 11) is 0. The lowest BCUT2D eigenvalue weighted by atomic mass is 9.70. The van der Waals surface area contributed by atoms with E-state index in [1.54, 1.807) is 22.0 Å². The van der Waals surface area contributed by atoms with Gasteiger partial charge in [0.15, 0.2) is 0 Å². The molecule has 0 aliphatic carbocycles. The average molecular weight is 553 g/mol. The zero-order valence-corrected chi connectivity index (χ0v) is 23.9. The Balaban J connectivity index is 1.73. The van der Waals surface area contributed by atoms with Crippen LogP contribution in [-0.4, -0.2) is 82.3 Å². The third-order valence-electron chi connectivity index (χ3n) is 8.81. The molecule has 0 aromatic heterocycles. The SMILES string of the molecule is C=CCCCOC(=O)[C@@H]1[C@@H]2CCC3(O2)C(C(=O)N(CC=C)C(C)CCC)N([C@@H](CO)Cc2ccccc2)C(=O)[C@H]13. The first kappa shape index (κ1) is 30.0. The lowest BCUT2D eigenvalue weighted by molar-refractivity contribution is -0.157. The number of carbonyl (C=O) groups is 3. The molecule has 4 rings (SSSR count). The second-order valence-corrected chi connectivity index (χ2v) is 11.3. The molecule has 218 valence electrons. The van der Waals surface area contributed by atoms with E-state index in [2.05, 4.69) is 20.1 Å². The summed E-state index contributed by atoms with van der Waals surface area (Å²) in [6.45, 7) is 11.9. The van der Waals surface area contributed by atoms with Crippen molar-refractivity contribution in [1.82, 2.24) is 9.80 Å². The highest BCUT2D eigenvalue weighted by Gasteiger charge is 2.75. The zero-order valence-electron chi connectivity index (χ0n) is 23.9. The van der Waals surface area contributed by atoms with E-state index < -0.39 is 41.6 Å². The van der Waals surface area contributed by atoms with Gasteiger partial charge in [-0.1, -0.05) is 55.8 Å². The van der Waals surface area contributed by atoms with Crippen molar-refractivity contribution in [3.63, 3.8) is 0 Å². The molecule has 1 aromatic rings. The molecule has 3 saturated heterocycles. The minimum absolute atomic E-state index is 0.0752. The molecule has 3 aliphatic rings. The van der Waals surface area contributed by atoms with Crippen LogP contribution in [0.25, 0.3) is 0 Å². The standard InChI is InChI=1S/C32H44N2O6/c1-5-8-12-19-39-31(38)26-25-16-17-32(40-25)27(26)29(36)34(24(21-35)20-23-14-10-9-11-15-23)28(32)30(37)33(18-7-3)22(4)13-6-2/h5,7,9-11,14-15,22,24-28,35H,1,3,6,8,12-13,16-21H2,2,4H3/t22?,24-,25+,26-,27+,28?,32?/m1/s1. The summed E-state index contributed by atoms with van der Waals surface area (Å²) in [5.74, 6) is -2.59. The number of carbonyl (C=O) groups excluding carboxylic acids is 3. The van der Waals surface area contributed by atoms with E-state index in [0.29, 0.717) is 32.2 Å². The van der Waals surface area contributed by atoms with Gasteiger partial charge < -0.3 is 24.4 Å². The van der Waals surface area contributed by atoms with E-state index in [-0.39, 0.29) is 31.1 Å². The maximum atomic E-state index is 14.5. The molecule has 7 atom stereocenters. The summed E-state index contributed by atoms with van der Waals surface area (Å²) in [6.07, 6.45) is 7.52. The minimum Gasteiger partial charge on any atom is -0.465 e. The Bertz CT molecular complexity index is 1080. The van der Waals surface area contributed by atoms with Crippen LogP contribution in [0, 0.1) is 11.8 Å². The van der Waals surface area contributed by atoms with Crippen LogP contribution in [0.15, 0.2) is 55.6 Å².